The number of β-lactam (4-membered cyclic amide) rings is 1. The van der Waals surface area contributed by atoms with Crippen molar-refractivity contribution >= 4 is 63.8 Å². The molecule has 2 amide bonds. The van der Waals surface area contributed by atoms with E-state index in [1.807, 2.05) is 0 Å². The van der Waals surface area contributed by atoms with Crippen LogP contribution in [0.25, 0.3) is 6.08 Å². The Kier molecular flexibility index (Phi) is 6.57. The van der Waals surface area contributed by atoms with Crippen molar-refractivity contribution in [3.63, 3.8) is 0 Å². The maximum Gasteiger partial charge on any atom is 0.358 e. The van der Waals surface area contributed by atoms with Crippen LogP contribution in [0.5, 0.6) is 0 Å². The van der Waals surface area contributed by atoms with Crippen LogP contribution in [0.1, 0.15) is 21.9 Å². The number of hydrogen-bond donors (Lipinski definition) is 4. The van der Waals surface area contributed by atoms with Crippen molar-refractivity contribution < 1.29 is 38.8 Å². The van der Waals surface area contributed by atoms with Crippen LogP contribution in [0.4, 0.5) is 5.13 Å². The standard InChI is InChI=1S/C19H16N6O8S2/c1-32-24-11(10-6-35-19(20)21-10)14(26)22-12-15(27)25-13(18(30)31)7(5-34-16(12)25)2-3-8-4-9(17(28)29)23-33-8/h2-4,6,12,16H,5H2,1H3,(H2,20,21)(H,22,26)(H,28,29)(H,30,31)/b3-2+,24-11-. The SMILES string of the molecule is CO/N=C(\C(=O)NC1C(=O)N2C(C(=O)O)=C(/C=C/c3cc(C(=O)O)no3)CSC12)c1csc(N)n1. The molecule has 182 valence electrons. The number of amides is 2. The Morgan fingerprint density at radius 1 is 1.31 bits per heavy atom. The number of nitrogens with one attached hydrogen (secondary N) is 1. The fourth-order valence-corrected chi connectivity index (χ4v) is 5.19. The summed E-state index contributed by atoms with van der Waals surface area (Å²) in [6, 6.07) is 0.173. The molecule has 0 aliphatic carbocycles. The Morgan fingerprint density at radius 3 is 2.69 bits per heavy atom. The van der Waals surface area contributed by atoms with E-state index < -0.39 is 35.2 Å². The maximum atomic E-state index is 12.8. The fraction of sp³-hybridized carbons (Fsp3) is 0.211. The molecule has 1 saturated heterocycles. The zero-order chi connectivity index (χ0) is 25.3. The van der Waals surface area contributed by atoms with E-state index in [-0.39, 0.29) is 39.4 Å². The van der Waals surface area contributed by atoms with Crippen molar-refractivity contribution in [2.75, 3.05) is 18.6 Å². The van der Waals surface area contributed by atoms with Gasteiger partial charge in [-0.3, -0.25) is 14.5 Å². The number of carbonyl (C=O) groups is 4. The van der Waals surface area contributed by atoms with Gasteiger partial charge in [0.05, 0.1) is 0 Å². The molecule has 0 spiro atoms. The van der Waals surface area contributed by atoms with E-state index in [0.717, 1.165) is 16.2 Å². The molecular weight excluding hydrogens is 504 g/mol. The molecule has 2 aromatic rings. The summed E-state index contributed by atoms with van der Waals surface area (Å²) in [7, 11) is 1.25. The third-order valence-electron chi connectivity index (χ3n) is 4.85. The number of thioether (sulfide) groups is 1. The van der Waals surface area contributed by atoms with Crippen LogP contribution in [0, 0.1) is 0 Å². The largest absolute Gasteiger partial charge is 0.477 e. The first-order valence-electron chi connectivity index (χ1n) is 9.63. The summed E-state index contributed by atoms with van der Waals surface area (Å²) in [5.41, 5.74) is 5.34. The van der Waals surface area contributed by atoms with E-state index in [9.17, 15) is 24.3 Å². The summed E-state index contributed by atoms with van der Waals surface area (Å²) in [5, 5.41) is 29.3. The third-order valence-corrected chi connectivity index (χ3v) is 6.82. The van der Waals surface area contributed by atoms with Gasteiger partial charge in [-0.25, -0.2) is 14.6 Å². The van der Waals surface area contributed by atoms with Gasteiger partial charge in [0.1, 0.15) is 29.9 Å². The second-order valence-corrected chi connectivity index (χ2v) is 8.98. The molecule has 1 fully saturated rings. The Hall–Kier alpha value is -4.18. The number of carboxylic acid groups (broad SMARTS) is 2. The molecule has 4 heterocycles. The van der Waals surface area contributed by atoms with Crippen LogP contribution in [0.3, 0.4) is 0 Å². The number of aromatic carboxylic acids is 1. The van der Waals surface area contributed by atoms with Crippen LogP contribution >= 0.6 is 23.1 Å². The first-order chi connectivity index (χ1) is 16.7. The number of carboxylic acids is 2. The molecule has 5 N–H and O–H groups in total. The summed E-state index contributed by atoms with van der Waals surface area (Å²) in [4.78, 5) is 58.3. The lowest BCUT2D eigenvalue weighted by molar-refractivity contribution is -0.150. The topological polar surface area (TPSA) is 211 Å². The minimum atomic E-state index is -1.34. The average molecular weight is 521 g/mol. The maximum absolute atomic E-state index is 12.8. The van der Waals surface area contributed by atoms with E-state index in [2.05, 4.69) is 20.6 Å². The molecule has 2 aliphatic heterocycles. The van der Waals surface area contributed by atoms with Crippen molar-refractivity contribution in [1.82, 2.24) is 20.4 Å². The number of carbonyl (C=O) groups excluding carboxylic acids is 2. The van der Waals surface area contributed by atoms with Crippen LogP contribution < -0.4 is 11.1 Å². The monoisotopic (exact) mass is 520 g/mol. The number of hydrogen-bond acceptors (Lipinski definition) is 12. The zero-order valence-corrected chi connectivity index (χ0v) is 19.3. The highest BCUT2D eigenvalue weighted by Gasteiger charge is 2.54. The van der Waals surface area contributed by atoms with Gasteiger partial charge in [-0.15, -0.1) is 23.1 Å². The predicted octanol–water partition coefficient (Wildman–Crippen LogP) is 0.214. The van der Waals surface area contributed by atoms with Crippen molar-refractivity contribution in [3.05, 3.63) is 45.9 Å². The van der Waals surface area contributed by atoms with E-state index in [4.69, 9.17) is 20.2 Å². The molecule has 0 saturated carbocycles. The summed E-state index contributed by atoms with van der Waals surface area (Å²) >= 11 is 2.34. The highest BCUT2D eigenvalue weighted by atomic mass is 32.2. The molecule has 2 atom stereocenters. The number of oxime groups is 1. The van der Waals surface area contributed by atoms with E-state index in [1.54, 1.807) is 0 Å². The van der Waals surface area contributed by atoms with E-state index in [0.29, 0.717) is 5.57 Å². The first-order valence-corrected chi connectivity index (χ1v) is 11.6. The minimum absolute atomic E-state index is 0.0967. The summed E-state index contributed by atoms with van der Waals surface area (Å²) < 4.78 is 4.88. The summed E-state index contributed by atoms with van der Waals surface area (Å²) in [5.74, 6) is -3.68. The van der Waals surface area contributed by atoms with Gasteiger partial charge in [0.15, 0.2) is 22.3 Å². The Bertz CT molecular complexity index is 1310. The lowest BCUT2D eigenvalue weighted by Crippen LogP contribution is -2.71. The van der Waals surface area contributed by atoms with Crippen LogP contribution in [0.2, 0.25) is 0 Å². The van der Waals surface area contributed by atoms with Gasteiger partial charge in [-0.05, 0) is 11.6 Å². The molecule has 14 nitrogen and oxygen atoms in total. The second kappa shape index (κ2) is 9.59. The van der Waals surface area contributed by atoms with Crippen LogP contribution in [0.15, 0.2) is 38.5 Å². The molecule has 0 aromatic carbocycles. The van der Waals surface area contributed by atoms with Gasteiger partial charge in [-0.1, -0.05) is 16.4 Å². The highest BCUT2D eigenvalue weighted by molar-refractivity contribution is 8.00. The van der Waals surface area contributed by atoms with Gasteiger partial charge >= 0.3 is 11.9 Å². The van der Waals surface area contributed by atoms with Crippen LogP contribution in [-0.2, 0) is 19.2 Å². The highest BCUT2D eigenvalue weighted by Crippen LogP contribution is 2.40. The Morgan fingerprint density at radius 2 is 2.09 bits per heavy atom. The number of nitrogens with two attached hydrogens (primary N) is 1. The molecule has 2 unspecified atom stereocenters. The van der Waals surface area contributed by atoms with Crippen molar-refractivity contribution in [2.24, 2.45) is 5.16 Å². The molecule has 35 heavy (non-hydrogen) atoms. The van der Waals surface area contributed by atoms with Crippen molar-refractivity contribution in [2.45, 2.75) is 11.4 Å². The zero-order valence-electron chi connectivity index (χ0n) is 17.7. The normalized spacial score (nSPS) is 20.0. The molecule has 0 bridgehead atoms. The van der Waals surface area contributed by atoms with Gasteiger partial charge in [-0.2, -0.15) is 0 Å². The number of nitrogen functional groups attached to an aromatic ring is 1. The van der Waals surface area contributed by atoms with Crippen molar-refractivity contribution in [1.29, 1.82) is 0 Å². The van der Waals surface area contributed by atoms with Gasteiger partial charge in [0.25, 0.3) is 11.8 Å². The molecule has 4 rings (SSSR count). The number of nitrogens with zero attached hydrogens (tertiary/aromatic N) is 4. The average Bonchev–Trinajstić information content (AvgIpc) is 3.47. The second-order valence-electron chi connectivity index (χ2n) is 6.99. The molecule has 2 aromatic heterocycles. The van der Waals surface area contributed by atoms with E-state index >= 15 is 0 Å². The quantitative estimate of drug-likeness (QED) is 0.209. The smallest absolute Gasteiger partial charge is 0.358 e. The number of rotatable bonds is 8. The molecule has 0 radical (unpaired) electrons. The first kappa shape index (κ1) is 24.0. The number of aliphatic carboxylic acids is 1. The number of aromatic nitrogens is 2. The van der Waals surface area contributed by atoms with Gasteiger partial charge in [0.2, 0.25) is 0 Å². The van der Waals surface area contributed by atoms with Crippen molar-refractivity contribution in [3.8, 4) is 0 Å². The molecule has 16 heteroatoms. The Balaban J connectivity index is 1.52. The number of allylic oxidation sites excluding steroid dienone is 1. The predicted molar refractivity (Wildman–Crippen MR) is 122 cm³/mol. The number of fused-ring (bicyclic) bond motifs is 1. The molecule has 2 aliphatic rings. The summed E-state index contributed by atoms with van der Waals surface area (Å²) in [6.45, 7) is 0. The van der Waals surface area contributed by atoms with Gasteiger partial charge < -0.3 is 30.6 Å². The fourth-order valence-electron chi connectivity index (χ4n) is 3.32. The molecular formula is C19H16N6O8S2. The third kappa shape index (κ3) is 4.60. The Labute approximate surface area is 204 Å². The number of anilines is 1. The minimum Gasteiger partial charge on any atom is -0.477 e. The van der Waals surface area contributed by atoms with Crippen LogP contribution in [-0.4, -0.2) is 79.0 Å². The van der Waals surface area contributed by atoms with E-state index in [1.165, 1.54) is 42.5 Å². The summed E-state index contributed by atoms with van der Waals surface area (Å²) in [6.07, 6.45) is 2.77. The lowest BCUT2D eigenvalue weighted by atomic mass is 10.0. The number of thiazole rings is 1. The lowest BCUT2D eigenvalue weighted by Gasteiger charge is -2.49. The van der Waals surface area contributed by atoms with Gasteiger partial charge in [0, 0.05) is 17.2 Å².